The zero-order chi connectivity index (χ0) is 21.5. The zero-order valence-corrected chi connectivity index (χ0v) is 21.4. The topological polar surface area (TPSA) is 0 Å². The fraction of sp³-hybridized carbons (Fsp3) is 1.00. The fourth-order valence-electron chi connectivity index (χ4n) is 4.87. The van der Waals surface area contributed by atoms with Crippen LogP contribution >= 0.6 is 0 Å². The third-order valence-electron chi connectivity index (χ3n) is 6.94. The Hall–Kier alpha value is -0.0400. The van der Waals surface area contributed by atoms with E-state index in [4.69, 9.17) is 0 Å². The van der Waals surface area contributed by atoms with Crippen LogP contribution in [0, 0.1) is 0 Å². The van der Waals surface area contributed by atoms with Crippen molar-refractivity contribution in [1.29, 1.82) is 0 Å². The van der Waals surface area contributed by atoms with Gasteiger partial charge in [0, 0.05) is 0 Å². The molecule has 0 atom stereocenters. The van der Waals surface area contributed by atoms with Gasteiger partial charge in [-0.15, -0.1) is 0 Å². The molecule has 0 aromatic heterocycles. The first-order valence-corrected chi connectivity index (χ1v) is 14.1. The van der Waals surface area contributed by atoms with Gasteiger partial charge in [-0.3, -0.25) is 0 Å². The van der Waals surface area contributed by atoms with Crippen LogP contribution in [0.1, 0.15) is 156 Å². The Morgan fingerprint density at radius 2 is 0.483 bits per heavy atom. The molecule has 0 fully saturated rings. The third kappa shape index (κ3) is 18.4. The molecule has 176 valence electrons. The second-order valence-corrected chi connectivity index (χ2v) is 9.89. The van der Waals surface area contributed by atoms with E-state index in [1.165, 1.54) is 159 Å². The molecule has 29 heavy (non-hydrogen) atoms. The Kier molecular flexibility index (Phi) is 22.6. The summed E-state index contributed by atoms with van der Waals surface area (Å²) in [7, 11) is 0. The molecule has 0 aromatic rings. The summed E-state index contributed by atoms with van der Waals surface area (Å²) in [6, 6.07) is 0. The van der Waals surface area contributed by atoms with Crippen molar-refractivity contribution in [3.8, 4) is 0 Å². The molecule has 0 radical (unpaired) electrons. The van der Waals surface area contributed by atoms with Crippen LogP contribution in [0.5, 0.6) is 0 Å². The molecule has 0 N–H and O–H groups in total. The minimum atomic E-state index is 1.36. The maximum atomic E-state index is 2.36. The molecule has 0 rings (SSSR count). The first-order chi connectivity index (χ1) is 14.2. The van der Waals surface area contributed by atoms with Crippen molar-refractivity contribution in [2.45, 2.75) is 156 Å². The van der Waals surface area contributed by atoms with Crippen molar-refractivity contribution in [3.63, 3.8) is 0 Å². The predicted molar refractivity (Wildman–Crippen MR) is 135 cm³/mol. The fourth-order valence-corrected chi connectivity index (χ4v) is 4.87. The Morgan fingerprint density at radius 3 is 0.793 bits per heavy atom. The molecule has 1 heteroatoms. The number of hydrogen-bond acceptors (Lipinski definition) is 0. The van der Waals surface area contributed by atoms with Gasteiger partial charge in [-0.1, -0.05) is 105 Å². The minimum Gasteiger partial charge on any atom is -0.324 e. The summed E-state index contributed by atoms with van der Waals surface area (Å²) in [5.41, 5.74) is 0. The van der Waals surface area contributed by atoms with E-state index in [9.17, 15) is 0 Å². The number of hydrogen-bond donors (Lipinski definition) is 0. The lowest BCUT2D eigenvalue weighted by atomic mass is 10.1. The van der Waals surface area contributed by atoms with Gasteiger partial charge >= 0.3 is 0 Å². The van der Waals surface area contributed by atoms with E-state index in [2.05, 4.69) is 27.7 Å². The highest BCUT2D eigenvalue weighted by Crippen LogP contribution is 2.20. The van der Waals surface area contributed by atoms with Crippen molar-refractivity contribution < 1.29 is 4.48 Å². The average molecular weight is 411 g/mol. The highest BCUT2D eigenvalue weighted by atomic mass is 15.3. The summed E-state index contributed by atoms with van der Waals surface area (Å²) in [5.74, 6) is 0. The minimum absolute atomic E-state index is 1.36. The van der Waals surface area contributed by atoms with Crippen molar-refractivity contribution >= 4 is 0 Å². The van der Waals surface area contributed by atoms with Gasteiger partial charge in [-0.25, -0.2) is 0 Å². The van der Waals surface area contributed by atoms with E-state index < -0.39 is 0 Å². The van der Waals surface area contributed by atoms with Crippen LogP contribution in [-0.4, -0.2) is 30.7 Å². The van der Waals surface area contributed by atoms with E-state index in [0.29, 0.717) is 0 Å². The van der Waals surface area contributed by atoms with Gasteiger partial charge in [0.15, 0.2) is 0 Å². The Balaban J connectivity index is 4.48. The smallest absolute Gasteiger partial charge is 0.0786 e. The van der Waals surface area contributed by atoms with Gasteiger partial charge in [-0.05, 0) is 51.4 Å². The molecule has 0 aromatic carbocycles. The molecule has 0 bridgehead atoms. The third-order valence-corrected chi connectivity index (χ3v) is 6.94. The number of quaternary nitrogens is 1. The largest absolute Gasteiger partial charge is 0.324 e. The first kappa shape index (κ1) is 29.0. The average Bonchev–Trinajstić information content (AvgIpc) is 2.73. The van der Waals surface area contributed by atoms with Crippen LogP contribution in [0.4, 0.5) is 0 Å². The maximum absolute atomic E-state index is 2.36. The molecule has 0 aliphatic rings. The molecule has 0 saturated heterocycles. The van der Waals surface area contributed by atoms with Crippen molar-refractivity contribution in [2.75, 3.05) is 26.2 Å². The quantitative estimate of drug-likeness (QED) is 0.110. The van der Waals surface area contributed by atoms with Gasteiger partial charge < -0.3 is 4.48 Å². The van der Waals surface area contributed by atoms with Gasteiger partial charge in [0.25, 0.3) is 0 Å². The molecule has 0 saturated carbocycles. The molecule has 1 nitrogen and oxygen atoms in total. The second-order valence-electron chi connectivity index (χ2n) is 9.89. The standard InChI is InChI=1S/C28H60N/c1-5-9-13-15-17-19-23-27-29(25-21-11-7-3,26-22-12-8-4)28-24-20-18-16-14-10-6-2/h5-28H2,1-4H3/q+1. The van der Waals surface area contributed by atoms with Crippen LogP contribution in [0.2, 0.25) is 0 Å². The zero-order valence-electron chi connectivity index (χ0n) is 21.4. The predicted octanol–water partition coefficient (Wildman–Crippen LogP) is 9.68. The molecule has 0 heterocycles. The summed E-state index contributed by atoms with van der Waals surface area (Å²) in [5, 5.41) is 0. The van der Waals surface area contributed by atoms with Crippen LogP contribution in [-0.2, 0) is 0 Å². The lowest BCUT2D eigenvalue weighted by Crippen LogP contribution is -2.50. The van der Waals surface area contributed by atoms with Gasteiger partial charge in [0.2, 0.25) is 0 Å². The monoisotopic (exact) mass is 410 g/mol. The second kappa shape index (κ2) is 22.6. The van der Waals surface area contributed by atoms with E-state index >= 15 is 0 Å². The Labute approximate surface area is 187 Å². The molecule has 0 aliphatic carbocycles. The SMILES string of the molecule is CCCCCCCCC[N+](CCCCC)(CCCCC)CCCCCCCCC. The summed E-state index contributed by atoms with van der Waals surface area (Å²) in [6.07, 6.45) is 28.8. The highest BCUT2D eigenvalue weighted by molar-refractivity contribution is 4.54. The van der Waals surface area contributed by atoms with E-state index in [1.54, 1.807) is 0 Å². The van der Waals surface area contributed by atoms with Crippen LogP contribution in [0.3, 0.4) is 0 Å². The number of rotatable bonds is 24. The first-order valence-electron chi connectivity index (χ1n) is 14.1. The van der Waals surface area contributed by atoms with Gasteiger partial charge in [-0.2, -0.15) is 0 Å². The number of unbranched alkanes of at least 4 members (excludes halogenated alkanes) is 16. The van der Waals surface area contributed by atoms with E-state index in [1.807, 2.05) is 0 Å². The van der Waals surface area contributed by atoms with Crippen molar-refractivity contribution in [2.24, 2.45) is 0 Å². The van der Waals surface area contributed by atoms with E-state index in [0.717, 1.165) is 0 Å². The van der Waals surface area contributed by atoms with Crippen LogP contribution in [0.25, 0.3) is 0 Å². The molecule has 0 amide bonds. The molecule has 0 unspecified atom stereocenters. The normalized spacial score (nSPS) is 12.0. The lowest BCUT2D eigenvalue weighted by molar-refractivity contribution is -0.929. The highest BCUT2D eigenvalue weighted by Gasteiger charge is 2.25. The molecule has 0 aliphatic heterocycles. The van der Waals surface area contributed by atoms with Crippen LogP contribution < -0.4 is 0 Å². The van der Waals surface area contributed by atoms with Crippen LogP contribution in [0.15, 0.2) is 0 Å². The maximum Gasteiger partial charge on any atom is 0.0786 e. The van der Waals surface area contributed by atoms with Crippen molar-refractivity contribution in [3.05, 3.63) is 0 Å². The molecule has 0 spiro atoms. The molecular formula is C28H60N+. The number of nitrogens with zero attached hydrogens (tertiary/aromatic N) is 1. The van der Waals surface area contributed by atoms with E-state index in [-0.39, 0.29) is 0 Å². The summed E-state index contributed by atoms with van der Waals surface area (Å²) < 4.78 is 1.46. The van der Waals surface area contributed by atoms with Gasteiger partial charge in [0.1, 0.15) is 0 Å². The molecular weight excluding hydrogens is 350 g/mol. The van der Waals surface area contributed by atoms with Crippen molar-refractivity contribution in [1.82, 2.24) is 0 Å². The Bertz CT molecular complexity index is 269. The lowest BCUT2D eigenvalue weighted by Gasteiger charge is -2.39. The van der Waals surface area contributed by atoms with Gasteiger partial charge in [0.05, 0.1) is 26.2 Å². The summed E-state index contributed by atoms with van der Waals surface area (Å²) >= 11 is 0. The summed E-state index contributed by atoms with van der Waals surface area (Å²) in [6.45, 7) is 15.2. The Morgan fingerprint density at radius 1 is 0.276 bits per heavy atom. The summed E-state index contributed by atoms with van der Waals surface area (Å²) in [4.78, 5) is 0.